The van der Waals surface area contributed by atoms with Crippen LogP contribution in [0.3, 0.4) is 0 Å². The molecule has 2 heterocycles. The smallest absolute Gasteiger partial charge is 0.0372 e. The number of likely N-dealkylation sites (tertiary alicyclic amines) is 1. The molecule has 1 fully saturated rings. The maximum Gasteiger partial charge on any atom is 0.0372 e. The second-order valence-electron chi connectivity index (χ2n) is 5.25. The van der Waals surface area contributed by atoms with Crippen LogP contribution >= 0.6 is 0 Å². The Hall–Kier alpha value is -0.930. The van der Waals surface area contributed by atoms with E-state index in [9.17, 15) is 0 Å². The Morgan fingerprint density at radius 2 is 2.22 bits per heavy atom. The second kappa shape index (κ2) is 6.86. The van der Waals surface area contributed by atoms with Crippen molar-refractivity contribution in [1.29, 1.82) is 0 Å². The van der Waals surface area contributed by atoms with Crippen molar-refractivity contribution in [1.82, 2.24) is 15.2 Å². The Morgan fingerprint density at radius 3 is 2.94 bits per heavy atom. The van der Waals surface area contributed by atoms with E-state index in [-0.39, 0.29) is 0 Å². The molecular formula is C15H25N3. The molecule has 0 saturated carbocycles. The predicted molar refractivity (Wildman–Crippen MR) is 75.6 cm³/mol. The van der Waals surface area contributed by atoms with Crippen LogP contribution in [0, 0.1) is 6.92 Å². The fraction of sp³-hybridized carbons (Fsp3) is 0.667. The average molecular weight is 247 g/mol. The highest BCUT2D eigenvalue weighted by molar-refractivity contribution is 5.12. The van der Waals surface area contributed by atoms with Gasteiger partial charge in [0.1, 0.15) is 0 Å². The van der Waals surface area contributed by atoms with Gasteiger partial charge in [0.25, 0.3) is 0 Å². The molecule has 0 spiro atoms. The molecule has 1 saturated heterocycles. The molecular weight excluding hydrogens is 222 g/mol. The molecule has 3 nitrogen and oxygen atoms in total. The van der Waals surface area contributed by atoms with Crippen molar-refractivity contribution in [3.05, 3.63) is 29.6 Å². The molecule has 1 unspecified atom stereocenters. The summed E-state index contributed by atoms with van der Waals surface area (Å²) in [7, 11) is 0. The lowest BCUT2D eigenvalue weighted by Gasteiger charge is -2.18. The van der Waals surface area contributed by atoms with Gasteiger partial charge in [0, 0.05) is 24.5 Å². The van der Waals surface area contributed by atoms with Gasteiger partial charge >= 0.3 is 0 Å². The lowest BCUT2D eigenvalue weighted by atomic mass is 10.1. The molecule has 1 aromatic rings. The topological polar surface area (TPSA) is 28.2 Å². The van der Waals surface area contributed by atoms with Crippen LogP contribution in [0.15, 0.2) is 18.3 Å². The van der Waals surface area contributed by atoms with E-state index in [0.29, 0.717) is 6.04 Å². The average Bonchev–Trinajstić information content (AvgIpc) is 2.63. The van der Waals surface area contributed by atoms with Gasteiger partial charge in [-0.15, -0.1) is 0 Å². The third-order valence-corrected chi connectivity index (χ3v) is 3.84. The van der Waals surface area contributed by atoms with Crippen LogP contribution in [0.5, 0.6) is 0 Å². The van der Waals surface area contributed by atoms with Crippen molar-refractivity contribution in [2.45, 2.75) is 45.7 Å². The summed E-state index contributed by atoms with van der Waals surface area (Å²) >= 11 is 0. The van der Waals surface area contributed by atoms with Crippen molar-refractivity contribution in [2.75, 3.05) is 19.6 Å². The standard InChI is InChI=1S/C15H25N3/c1-3-18-9-4-5-15(8-10-18)17-12-14-7-6-13(2)16-11-14/h6-7,11,15,17H,3-5,8-10,12H2,1-2H3. The fourth-order valence-electron chi connectivity index (χ4n) is 2.54. The molecule has 2 rings (SSSR count). The molecule has 0 aliphatic carbocycles. The van der Waals surface area contributed by atoms with Crippen molar-refractivity contribution in [3.63, 3.8) is 0 Å². The van der Waals surface area contributed by atoms with E-state index in [0.717, 1.165) is 12.2 Å². The second-order valence-corrected chi connectivity index (χ2v) is 5.25. The van der Waals surface area contributed by atoms with Gasteiger partial charge in [0.2, 0.25) is 0 Å². The third kappa shape index (κ3) is 4.07. The van der Waals surface area contributed by atoms with E-state index in [1.807, 2.05) is 13.1 Å². The molecule has 0 radical (unpaired) electrons. The molecule has 1 aromatic heterocycles. The SMILES string of the molecule is CCN1CCCC(NCc2ccc(C)nc2)CC1. The summed E-state index contributed by atoms with van der Waals surface area (Å²) in [5.74, 6) is 0. The highest BCUT2D eigenvalue weighted by Gasteiger charge is 2.15. The van der Waals surface area contributed by atoms with Crippen molar-refractivity contribution in [3.8, 4) is 0 Å². The van der Waals surface area contributed by atoms with E-state index in [1.54, 1.807) is 0 Å². The van der Waals surface area contributed by atoms with E-state index >= 15 is 0 Å². The minimum atomic E-state index is 0.669. The molecule has 1 aliphatic rings. The lowest BCUT2D eigenvalue weighted by molar-refractivity contribution is 0.297. The highest BCUT2D eigenvalue weighted by atomic mass is 15.1. The minimum Gasteiger partial charge on any atom is -0.310 e. The van der Waals surface area contributed by atoms with Crippen molar-refractivity contribution >= 4 is 0 Å². The number of hydrogen-bond acceptors (Lipinski definition) is 3. The van der Waals surface area contributed by atoms with Crippen molar-refractivity contribution < 1.29 is 0 Å². The molecule has 100 valence electrons. The Balaban J connectivity index is 1.77. The molecule has 0 aromatic carbocycles. The first-order chi connectivity index (χ1) is 8.78. The summed E-state index contributed by atoms with van der Waals surface area (Å²) in [6.45, 7) is 8.92. The molecule has 0 amide bonds. The molecule has 1 aliphatic heterocycles. The molecule has 3 heteroatoms. The number of rotatable bonds is 4. The first kappa shape index (κ1) is 13.5. The quantitative estimate of drug-likeness (QED) is 0.885. The number of nitrogens with zero attached hydrogens (tertiary/aromatic N) is 2. The van der Waals surface area contributed by atoms with Gasteiger partial charge in [0.15, 0.2) is 0 Å². The van der Waals surface area contributed by atoms with Crippen LogP contribution in [-0.4, -0.2) is 35.6 Å². The Labute approximate surface area is 111 Å². The summed E-state index contributed by atoms with van der Waals surface area (Å²) in [4.78, 5) is 6.89. The highest BCUT2D eigenvalue weighted by Crippen LogP contribution is 2.11. The number of nitrogens with one attached hydrogen (secondary N) is 1. The van der Waals surface area contributed by atoms with E-state index in [1.165, 1.54) is 44.5 Å². The Kier molecular flexibility index (Phi) is 5.14. The number of aromatic nitrogens is 1. The maximum atomic E-state index is 4.34. The zero-order chi connectivity index (χ0) is 12.8. The zero-order valence-corrected chi connectivity index (χ0v) is 11.7. The van der Waals surface area contributed by atoms with Crippen LogP contribution in [0.1, 0.15) is 37.4 Å². The van der Waals surface area contributed by atoms with Crippen LogP contribution in [0.4, 0.5) is 0 Å². The summed E-state index contributed by atoms with van der Waals surface area (Å²) in [6.07, 6.45) is 5.87. The normalized spacial score (nSPS) is 21.8. The molecule has 0 bridgehead atoms. The summed E-state index contributed by atoms with van der Waals surface area (Å²) < 4.78 is 0. The molecule has 18 heavy (non-hydrogen) atoms. The van der Waals surface area contributed by atoms with Gasteiger partial charge in [-0.2, -0.15) is 0 Å². The molecule has 1 N–H and O–H groups in total. The Morgan fingerprint density at radius 1 is 1.33 bits per heavy atom. The zero-order valence-electron chi connectivity index (χ0n) is 11.7. The minimum absolute atomic E-state index is 0.669. The van der Waals surface area contributed by atoms with Gasteiger partial charge in [-0.1, -0.05) is 13.0 Å². The van der Waals surface area contributed by atoms with Crippen molar-refractivity contribution in [2.24, 2.45) is 0 Å². The van der Waals surface area contributed by atoms with Crippen LogP contribution in [-0.2, 0) is 6.54 Å². The first-order valence-corrected chi connectivity index (χ1v) is 7.15. The number of aryl methyl sites for hydroxylation is 1. The van der Waals surface area contributed by atoms with Gasteiger partial charge < -0.3 is 10.2 Å². The summed E-state index contributed by atoms with van der Waals surface area (Å²) in [5, 5.41) is 3.68. The summed E-state index contributed by atoms with van der Waals surface area (Å²) in [5.41, 5.74) is 2.38. The monoisotopic (exact) mass is 247 g/mol. The van der Waals surface area contributed by atoms with Crippen LogP contribution in [0.2, 0.25) is 0 Å². The van der Waals surface area contributed by atoms with Gasteiger partial charge in [-0.3, -0.25) is 4.98 Å². The van der Waals surface area contributed by atoms with Gasteiger partial charge in [0.05, 0.1) is 0 Å². The first-order valence-electron chi connectivity index (χ1n) is 7.15. The van der Waals surface area contributed by atoms with Crippen LogP contribution in [0.25, 0.3) is 0 Å². The lowest BCUT2D eigenvalue weighted by Crippen LogP contribution is -2.30. The summed E-state index contributed by atoms with van der Waals surface area (Å²) in [6, 6.07) is 4.93. The van der Waals surface area contributed by atoms with Gasteiger partial charge in [-0.25, -0.2) is 0 Å². The van der Waals surface area contributed by atoms with E-state index < -0.39 is 0 Å². The fourth-order valence-corrected chi connectivity index (χ4v) is 2.54. The Bertz CT molecular complexity index is 347. The van der Waals surface area contributed by atoms with E-state index in [4.69, 9.17) is 0 Å². The predicted octanol–water partition coefficient (Wildman–Crippen LogP) is 2.35. The van der Waals surface area contributed by atoms with Gasteiger partial charge in [-0.05, 0) is 57.5 Å². The number of hydrogen-bond donors (Lipinski definition) is 1. The largest absolute Gasteiger partial charge is 0.310 e. The maximum absolute atomic E-state index is 4.34. The number of pyridine rings is 1. The molecule has 1 atom stereocenters. The van der Waals surface area contributed by atoms with Crippen LogP contribution < -0.4 is 5.32 Å². The van der Waals surface area contributed by atoms with E-state index in [2.05, 4.69) is 34.3 Å². The third-order valence-electron chi connectivity index (χ3n) is 3.84.